The van der Waals surface area contributed by atoms with Crippen molar-refractivity contribution < 1.29 is 19.0 Å². The van der Waals surface area contributed by atoms with Gasteiger partial charge in [0, 0.05) is 6.61 Å². The maximum atomic E-state index is 12.3. The summed E-state index contributed by atoms with van der Waals surface area (Å²) in [4.78, 5) is 12.3. The summed E-state index contributed by atoms with van der Waals surface area (Å²) in [6.45, 7) is 0.647. The number of methoxy groups -OCH3 is 2. The van der Waals surface area contributed by atoms with E-state index >= 15 is 0 Å². The molecule has 0 amide bonds. The van der Waals surface area contributed by atoms with E-state index in [-0.39, 0.29) is 11.9 Å². The maximum Gasteiger partial charge on any atom is 0.199 e. The molecule has 1 atom stereocenters. The van der Waals surface area contributed by atoms with Crippen LogP contribution in [0.15, 0.2) is 18.2 Å². The molecule has 1 heterocycles. The maximum absolute atomic E-state index is 12.3. The fourth-order valence-corrected chi connectivity index (χ4v) is 2.04. The van der Waals surface area contributed by atoms with Crippen LogP contribution < -0.4 is 9.47 Å². The summed E-state index contributed by atoms with van der Waals surface area (Å²) < 4.78 is 15.8. The molecule has 1 aliphatic rings. The van der Waals surface area contributed by atoms with Crippen LogP contribution in [0.1, 0.15) is 23.2 Å². The van der Waals surface area contributed by atoms with Gasteiger partial charge in [-0.2, -0.15) is 0 Å². The predicted molar refractivity (Wildman–Crippen MR) is 62.9 cm³/mol. The number of hydrogen-bond donors (Lipinski definition) is 0. The van der Waals surface area contributed by atoms with Crippen molar-refractivity contribution in [2.75, 3.05) is 20.8 Å². The topological polar surface area (TPSA) is 44.8 Å². The number of benzene rings is 1. The van der Waals surface area contributed by atoms with Crippen LogP contribution in [0.5, 0.6) is 11.5 Å². The van der Waals surface area contributed by atoms with Crippen molar-refractivity contribution in [1.29, 1.82) is 0 Å². The first kappa shape index (κ1) is 11.9. The summed E-state index contributed by atoms with van der Waals surface area (Å²) in [6, 6.07) is 5.30. The van der Waals surface area contributed by atoms with E-state index in [9.17, 15) is 4.79 Å². The molecule has 1 saturated heterocycles. The second-order valence-corrected chi connectivity index (χ2v) is 3.90. The van der Waals surface area contributed by atoms with Gasteiger partial charge in [0.15, 0.2) is 5.78 Å². The quantitative estimate of drug-likeness (QED) is 0.751. The van der Waals surface area contributed by atoms with Crippen LogP contribution in [0.2, 0.25) is 0 Å². The third kappa shape index (κ3) is 2.26. The number of hydrogen-bond acceptors (Lipinski definition) is 4. The van der Waals surface area contributed by atoms with Crippen LogP contribution in [0.4, 0.5) is 0 Å². The Bertz CT molecular complexity index is 386. The molecule has 2 rings (SSSR count). The van der Waals surface area contributed by atoms with E-state index in [2.05, 4.69) is 0 Å². The summed E-state index contributed by atoms with van der Waals surface area (Å²) in [5.41, 5.74) is 0.476. The predicted octanol–water partition coefficient (Wildman–Crippen LogP) is 2.07. The van der Waals surface area contributed by atoms with Crippen LogP contribution in [0, 0.1) is 0 Å². The van der Waals surface area contributed by atoms with E-state index in [0.29, 0.717) is 23.7 Å². The highest BCUT2D eigenvalue weighted by Gasteiger charge is 2.29. The molecule has 92 valence electrons. The number of ether oxygens (including phenoxy) is 3. The normalized spacial score (nSPS) is 19.1. The van der Waals surface area contributed by atoms with E-state index in [1.165, 1.54) is 0 Å². The van der Waals surface area contributed by atoms with Crippen LogP contribution in [-0.4, -0.2) is 32.7 Å². The fourth-order valence-electron chi connectivity index (χ4n) is 2.04. The zero-order chi connectivity index (χ0) is 12.3. The summed E-state index contributed by atoms with van der Waals surface area (Å²) in [6.07, 6.45) is 1.33. The Hall–Kier alpha value is -1.55. The van der Waals surface area contributed by atoms with E-state index < -0.39 is 0 Å². The number of ketones is 1. The van der Waals surface area contributed by atoms with Gasteiger partial charge in [0.25, 0.3) is 0 Å². The molecule has 17 heavy (non-hydrogen) atoms. The Morgan fingerprint density at radius 2 is 1.94 bits per heavy atom. The molecule has 0 radical (unpaired) electrons. The highest BCUT2D eigenvalue weighted by Crippen LogP contribution is 2.31. The first-order valence-electron chi connectivity index (χ1n) is 5.64. The molecule has 1 fully saturated rings. The minimum absolute atomic E-state index is 0.0585. The van der Waals surface area contributed by atoms with Gasteiger partial charge in [-0.1, -0.05) is 6.07 Å². The molecule has 0 bridgehead atoms. The average molecular weight is 236 g/mol. The Morgan fingerprint density at radius 3 is 2.41 bits per heavy atom. The van der Waals surface area contributed by atoms with Crippen LogP contribution >= 0.6 is 0 Å². The number of rotatable bonds is 4. The van der Waals surface area contributed by atoms with Crippen molar-refractivity contribution in [2.45, 2.75) is 18.9 Å². The molecule has 1 unspecified atom stereocenters. The van der Waals surface area contributed by atoms with Crippen molar-refractivity contribution in [3.63, 3.8) is 0 Å². The van der Waals surface area contributed by atoms with Gasteiger partial charge >= 0.3 is 0 Å². The number of carbonyl (C=O) groups is 1. The van der Waals surface area contributed by atoms with Gasteiger partial charge in [-0.25, -0.2) is 0 Å². The molecule has 0 aromatic heterocycles. The van der Waals surface area contributed by atoms with Crippen LogP contribution in [0.25, 0.3) is 0 Å². The van der Waals surface area contributed by atoms with E-state index in [1.807, 2.05) is 0 Å². The second kappa shape index (κ2) is 5.19. The monoisotopic (exact) mass is 236 g/mol. The molecule has 0 saturated carbocycles. The zero-order valence-electron chi connectivity index (χ0n) is 10.1. The SMILES string of the molecule is COc1cccc(OC)c1C(=O)C1CCCO1. The molecule has 4 heteroatoms. The molecule has 0 N–H and O–H groups in total. The van der Waals surface area contributed by atoms with Crippen molar-refractivity contribution >= 4 is 5.78 Å². The molecule has 4 nitrogen and oxygen atoms in total. The lowest BCUT2D eigenvalue weighted by Crippen LogP contribution is -2.20. The lowest BCUT2D eigenvalue weighted by molar-refractivity contribution is 0.0637. The first-order valence-corrected chi connectivity index (χ1v) is 5.64. The number of carbonyl (C=O) groups excluding carboxylic acids is 1. The Morgan fingerprint density at radius 1 is 1.29 bits per heavy atom. The standard InChI is InChI=1S/C13H16O4/c1-15-9-5-3-6-10(16-2)12(9)13(14)11-7-4-8-17-11/h3,5-6,11H,4,7-8H2,1-2H3. The van der Waals surface area contributed by atoms with Gasteiger partial charge in [0.2, 0.25) is 0 Å². The molecule has 0 aliphatic carbocycles. The summed E-state index contributed by atoms with van der Waals surface area (Å²) in [5.74, 6) is 1.01. The van der Waals surface area contributed by atoms with E-state index in [4.69, 9.17) is 14.2 Å². The molecule has 1 aromatic rings. The Balaban J connectivity index is 2.37. The van der Waals surface area contributed by atoms with Gasteiger partial charge in [-0.15, -0.1) is 0 Å². The highest BCUT2D eigenvalue weighted by molar-refractivity contribution is 6.04. The minimum atomic E-state index is -0.361. The van der Waals surface area contributed by atoms with E-state index in [1.54, 1.807) is 32.4 Å². The lowest BCUT2D eigenvalue weighted by Gasteiger charge is -2.14. The highest BCUT2D eigenvalue weighted by atomic mass is 16.5. The van der Waals surface area contributed by atoms with Crippen molar-refractivity contribution in [3.05, 3.63) is 23.8 Å². The minimum Gasteiger partial charge on any atom is -0.496 e. The van der Waals surface area contributed by atoms with Gasteiger partial charge < -0.3 is 14.2 Å². The molecular weight excluding hydrogens is 220 g/mol. The Labute approximate surface area is 100 Å². The smallest absolute Gasteiger partial charge is 0.199 e. The fraction of sp³-hybridized carbons (Fsp3) is 0.462. The molecule has 1 aliphatic heterocycles. The molecule has 0 spiro atoms. The zero-order valence-corrected chi connectivity index (χ0v) is 10.1. The van der Waals surface area contributed by atoms with Gasteiger partial charge in [0.1, 0.15) is 23.2 Å². The summed E-state index contributed by atoms with van der Waals surface area (Å²) in [5, 5.41) is 0. The van der Waals surface area contributed by atoms with E-state index in [0.717, 1.165) is 12.8 Å². The van der Waals surface area contributed by atoms with Gasteiger partial charge in [-0.05, 0) is 25.0 Å². The third-order valence-electron chi connectivity index (χ3n) is 2.90. The first-order chi connectivity index (χ1) is 8.27. The van der Waals surface area contributed by atoms with Crippen molar-refractivity contribution in [2.24, 2.45) is 0 Å². The van der Waals surface area contributed by atoms with Gasteiger partial charge in [-0.3, -0.25) is 4.79 Å². The largest absolute Gasteiger partial charge is 0.496 e. The number of Topliss-reactive ketones (excluding diaryl/α,β-unsaturated/α-hetero) is 1. The molecule has 1 aromatic carbocycles. The summed E-state index contributed by atoms with van der Waals surface area (Å²) >= 11 is 0. The van der Waals surface area contributed by atoms with Crippen molar-refractivity contribution in [3.8, 4) is 11.5 Å². The lowest BCUT2D eigenvalue weighted by atomic mass is 10.0. The van der Waals surface area contributed by atoms with Crippen molar-refractivity contribution in [1.82, 2.24) is 0 Å². The second-order valence-electron chi connectivity index (χ2n) is 3.90. The molecular formula is C13H16O4. The van der Waals surface area contributed by atoms with Crippen LogP contribution in [-0.2, 0) is 4.74 Å². The van der Waals surface area contributed by atoms with Gasteiger partial charge in [0.05, 0.1) is 14.2 Å². The average Bonchev–Trinajstić information content (AvgIpc) is 2.90. The van der Waals surface area contributed by atoms with Crippen LogP contribution in [0.3, 0.4) is 0 Å². The Kier molecular flexibility index (Phi) is 3.64. The third-order valence-corrected chi connectivity index (χ3v) is 2.90. The summed E-state index contributed by atoms with van der Waals surface area (Å²) in [7, 11) is 3.09.